The molecule has 2 aliphatic rings. The predicted octanol–water partition coefficient (Wildman–Crippen LogP) is 2.26. The van der Waals surface area contributed by atoms with Crippen molar-refractivity contribution in [2.75, 3.05) is 19.7 Å². The molecule has 2 rings (SSSR count). The SMILES string of the molecule is CCOC(=O)N1C[C@@H]2CCCC[C@H]2C1. The number of nitrogens with zero attached hydrogens (tertiary/aromatic N) is 1. The standard InChI is InChI=1S/C11H19NO2/c1-2-14-11(13)12-7-9-5-3-4-6-10(9)8-12/h9-10H,2-8H2,1H3/t9-,10-/m0/s1. The summed E-state index contributed by atoms with van der Waals surface area (Å²) in [5, 5.41) is 0. The topological polar surface area (TPSA) is 29.5 Å². The van der Waals surface area contributed by atoms with Gasteiger partial charge in [0.2, 0.25) is 0 Å². The molecule has 1 heterocycles. The molecule has 1 aliphatic heterocycles. The number of likely N-dealkylation sites (tertiary alicyclic amines) is 1. The Morgan fingerprint density at radius 2 is 1.86 bits per heavy atom. The monoisotopic (exact) mass is 197 g/mol. The Balaban J connectivity index is 1.89. The summed E-state index contributed by atoms with van der Waals surface area (Å²) in [5.74, 6) is 1.52. The van der Waals surface area contributed by atoms with Crippen molar-refractivity contribution >= 4 is 6.09 Å². The molecule has 0 aromatic rings. The summed E-state index contributed by atoms with van der Waals surface area (Å²) in [6.45, 7) is 4.22. The molecule has 2 atom stereocenters. The van der Waals surface area contributed by atoms with Crippen LogP contribution in [-0.2, 0) is 4.74 Å². The van der Waals surface area contributed by atoms with E-state index in [-0.39, 0.29) is 6.09 Å². The van der Waals surface area contributed by atoms with Gasteiger partial charge in [0.05, 0.1) is 6.61 Å². The molecule has 1 aliphatic carbocycles. The molecule has 0 radical (unpaired) electrons. The fourth-order valence-corrected chi connectivity index (χ4v) is 2.77. The van der Waals surface area contributed by atoms with Crippen molar-refractivity contribution < 1.29 is 9.53 Å². The third-order valence-corrected chi connectivity index (χ3v) is 3.50. The van der Waals surface area contributed by atoms with Crippen LogP contribution >= 0.6 is 0 Å². The number of rotatable bonds is 1. The molecular weight excluding hydrogens is 178 g/mol. The van der Waals surface area contributed by atoms with Crippen LogP contribution in [0, 0.1) is 11.8 Å². The molecule has 3 nitrogen and oxygen atoms in total. The van der Waals surface area contributed by atoms with Gasteiger partial charge in [0, 0.05) is 13.1 Å². The molecule has 0 N–H and O–H groups in total. The second kappa shape index (κ2) is 4.20. The average Bonchev–Trinajstić information content (AvgIpc) is 2.61. The van der Waals surface area contributed by atoms with Crippen LogP contribution in [0.25, 0.3) is 0 Å². The van der Waals surface area contributed by atoms with Gasteiger partial charge in [-0.2, -0.15) is 0 Å². The van der Waals surface area contributed by atoms with E-state index in [4.69, 9.17) is 4.74 Å². The minimum atomic E-state index is -0.109. The normalized spacial score (nSPS) is 31.4. The molecule has 0 aromatic heterocycles. The Hall–Kier alpha value is -0.730. The second-order valence-electron chi connectivity index (χ2n) is 4.41. The third kappa shape index (κ3) is 1.86. The molecule has 0 unspecified atom stereocenters. The molecule has 0 spiro atoms. The van der Waals surface area contributed by atoms with Crippen LogP contribution < -0.4 is 0 Å². The number of hydrogen-bond acceptors (Lipinski definition) is 2. The summed E-state index contributed by atoms with van der Waals surface area (Å²) in [6, 6.07) is 0. The van der Waals surface area contributed by atoms with Crippen molar-refractivity contribution in [3.05, 3.63) is 0 Å². The van der Waals surface area contributed by atoms with Gasteiger partial charge in [0.25, 0.3) is 0 Å². The quantitative estimate of drug-likeness (QED) is 0.645. The highest BCUT2D eigenvalue weighted by Crippen LogP contribution is 2.36. The number of carbonyl (C=O) groups excluding carboxylic acids is 1. The largest absolute Gasteiger partial charge is 0.450 e. The van der Waals surface area contributed by atoms with Crippen molar-refractivity contribution in [3.63, 3.8) is 0 Å². The molecule has 2 fully saturated rings. The van der Waals surface area contributed by atoms with Gasteiger partial charge >= 0.3 is 6.09 Å². The van der Waals surface area contributed by atoms with Crippen molar-refractivity contribution in [1.29, 1.82) is 0 Å². The molecule has 0 aromatic carbocycles. The van der Waals surface area contributed by atoms with Crippen molar-refractivity contribution in [1.82, 2.24) is 4.90 Å². The van der Waals surface area contributed by atoms with E-state index >= 15 is 0 Å². The van der Waals surface area contributed by atoms with Crippen LogP contribution in [0.1, 0.15) is 32.6 Å². The number of ether oxygens (including phenoxy) is 1. The Morgan fingerprint density at radius 3 is 2.36 bits per heavy atom. The van der Waals surface area contributed by atoms with Gasteiger partial charge in [0.1, 0.15) is 0 Å². The lowest BCUT2D eigenvalue weighted by Crippen LogP contribution is -2.29. The maximum atomic E-state index is 11.5. The zero-order chi connectivity index (χ0) is 9.97. The second-order valence-corrected chi connectivity index (χ2v) is 4.41. The predicted molar refractivity (Wildman–Crippen MR) is 54.0 cm³/mol. The number of carbonyl (C=O) groups is 1. The average molecular weight is 197 g/mol. The van der Waals surface area contributed by atoms with Gasteiger partial charge < -0.3 is 9.64 Å². The first-order valence-corrected chi connectivity index (χ1v) is 5.73. The van der Waals surface area contributed by atoms with Gasteiger partial charge in [-0.1, -0.05) is 12.8 Å². The van der Waals surface area contributed by atoms with Gasteiger partial charge in [0.15, 0.2) is 0 Å². The first-order valence-electron chi connectivity index (χ1n) is 5.73. The summed E-state index contributed by atoms with van der Waals surface area (Å²) in [6.07, 6.45) is 5.19. The lowest BCUT2D eigenvalue weighted by atomic mass is 9.82. The fourth-order valence-electron chi connectivity index (χ4n) is 2.77. The highest BCUT2D eigenvalue weighted by molar-refractivity contribution is 5.68. The minimum absolute atomic E-state index is 0.109. The lowest BCUT2D eigenvalue weighted by Gasteiger charge is -2.22. The Kier molecular flexibility index (Phi) is 2.94. The van der Waals surface area contributed by atoms with Crippen LogP contribution in [0.4, 0.5) is 4.79 Å². The van der Waals surface area contributed by atoms with Gasteiger partial charge in [-0.3, -0.25) is 0 Å². The molecule has 1 saturated carbocycles. The van der Waals surface area contributed by atoms with E-state index < -0.39 is 0 Å². The molecular formula is C11H19NO2. The number of hydrogen-bond donors (Lipinski definition) is 0. The zero-order valence-corrected chi connectivity index (χ0v) is 8.87. The van der Waals surface area contributed by atoms with E-state index in [1.807, 2.05) is 11.8 Å². The molecule has 0 bridgehead atoms. The van der Waals surface area contributed by atoms with E-state index in [2.05, 4.69) is 0 Å². The Bertz CT molecular complexity index is 203. The molecule has 1 amide bonds. The van der Waals surface area contributed by atoms with Gasteiger partial charge in [-0.05, 0) is 31.6 Å². The summed E-state index contributed by atoms with van der Waals surface area (Å²) < 4.78 is 5.02. The van der Waals surface area contributed by atoms with E-state index in [0.29, 0.717) is 6.61 Å². The van der Waals surface area contributed by atoms with Crippen molar-refractivity contribution in [3.8, 4) is 0 Å². The number of fused-ring (bicyclic) bond motifs is 1. The summed E-state index contributed by atoms with van der Waals surface area (Å²) in [7, 11) is 0. The Labute approximate surface area is 85.4 Å². The molecule has 3 heteroatoms. The third-order valence-electron chi connectivity index (χ3n) is 3.50. The lowest BCUT2D eigenvalue weighted by molar-refractivity contribution is 0.114. The highest BCUT2D eigenvalue weighted by atomic mass is 16.6. The van der Waals surface area contributed by atoms with Crippen molar-refractivity contribution in [2.45, 2.75) is 32.6 Å². The fraction of sp³-hybridized carbons (Fsp3) is 0.909. The summed E-state index contributed by atoms with van der Waals surface area (Å²) in [4.78, 5) is 13.4. The maximum absolute atomic E-state index is 11.5. The highest BCUT2D eigenvalue weighted by Gasteiger charge is 2.36. The molecule has 80 valence electrons. The number of amides is 1. The van der Waals surface area contributed by atoms with E-state index in [0.717, 1.165) is 24.9 Å². The van der Waals surface area contributed by atoms with Gasteiger partial charge in [-0.15, -0.1) is 0 Å². The zero-order valence-electron chi connectivity index (χ0n) is 8.87. The molecule has 14 heavy (non-hydrogen) atoms. The summed E-state index contributed by atoms with van der Waals surface area (Å²) >= 11 is 0. The van der Waals surface area contributed by atoms with Crippen LogP contribution in [0.5, 0.6) is 0 Å². The van der Waals surface area contributed by atoms with E-state index in [9.17, 15) is 4.79 Å². The van der Waals surface area contributed by atoms with Crippen LogP contribution in [0.2, 0.25) is 0 Å². The summed E-state index contributed by atoms with van der Waals surface area (Å²) in [5.41, 5.74) is 0. The minimum Gasteiger partial charge on any atom is -0.450 e. The first kappa shape index (κ1) is 9.81. The Morgan fingerprint density at radius 1 is 1.29 bits per heavy atom. The van der Waals surface area contributed by atoms with E-state index in [1.54, 1.807) is 0 Å². The molecule has 1 saturated heterocycles. The van der Waals surface area contributed by atoms with Crippen LogP contribution in [-0.4, -0.2) is 30.7 Å². The maximum Gasteiger partial charge on any atom is 0.409 e. The van der Waals surface area contributed by atoms with Crippen molar-refractivity contribution in [2.24, 2.45) is 11.8 Å². The van der Waals surface area contributed by atoms with Gasteiger partial charge in [-0.25, -0.2) is 4.79 Å². The van der Waals surface area contributed by atoms with E-state index in [1.165, 1.54) is 25.7 Å². The van der Waals surface area contributed by atoms with Crippen LogP contribution in [0.15, 0.2) is 0 Å². The first-order chi connectivity index (χ1) is 6.81. The van der Waals surface area contributed by atoms with Crippen LogP contribution in [0.3, 0.4) is 0 Å². The smallest absolute Gasteiger partial charge is 0.409 e.